The minimum absolute atomic E-state index is 0.0323. The molecule has 186 valence electrons. The summed E-state index contributed by atoms with van der Waals surface area (Å²) in [6.07, 6.45) is 2.44. The van der Waals surface area contributed by atoms with E-state index in [9.17, 15) is 13.2 Å². The van der Waals surface area contributed by atoms with E-state index in [0.29, 0.717) is 35.2 Å². The second-order valence-electron chi connectivity index (χ2n) is 7.79. The van der Waals surface area contributed by atoms with Crippen LogP contribution in [0, 0.1) is 5.41 Å². The summed E-state index contributed by atoms with van der Waals surface area (Å²) in [6.45, 7) is 2.66. The van der Waals surface area contributed by atoms with Crippen molar-refractivity contribution in [2.75, 3.05) is 19.7 Å². The van der Waals surface area contributed by atoms with Crippen molar-refractivity contribution >= 4 is 49.9 Å². The molecule has 13 heteroatoms. The molecule has 36 heavy (non-hydrogen) atoms. The van der Waals surface area contributed by atoms with Gasteiger partial charge in [0.1, 0.15) is 12.4 Å². The first-order valence-electron chi connectivity index (χ1n) is 10.7. The number of ether oxygens (including phenoxy) is 4. The summed E-state index contributed by atoms with van der Waals surface area (Å²) in [4.78, 5) is 17.6. The van der Waals surface area contributed by atoms with E-state index in [1.165, 1.54) is 6.08 Å². The van der Waals surface area contributed by atoms with Gasteiger partial charge in [0.15, 0.2) is 23.0 Å². The Labute approximate surface area is 211 Å². The molecule has 0 saturated heterocycles. The smallest absolute Gasteiger partial charge is 0.283 e. The Balaban J connectivity index is 1.39. The first kappa shape index (κ1) is 23.9. The lowest BCUT2D eigenvalue weighted by atomic mass is 10.1. The summed E-state index contributed by atoms with van der Waals surface area (Å²) in [6, 6.07) is 10.6. The molecule has 0 fully saturated rings. The summed E-state index contributed by atoms with van der Waals surface area (Å²) >= 11 is 0.743. The summed E-state index contributed by atoms with van der Waals surface area (Å²) in [7, 11) is -3.73. The van der Waals surface area contributed by atoms with Crippen molar-refractivity contribution < 1.29 is 32.2 Å². The standard InChI is InChI=1S/C23H20N4O7S2/c1-3-31-18-9-13(4-6-16(18)32-11-14-5-7-17-19(10-14)34-12-33-17)8-15-20(24)27-22(25-21(15)28)35-26-23(27)36(2,29)30/h4-10,24H,3,11-12H2,1-2H3/b15-8-,24-20?. The van der Waals surface area contributed by atoms with Gasteiger partial charge in [0.2, 0.25) is 27.0 Å². The molecule has 0 radical (unpaired) electrons. The van der Waals surface area contributed by atoms with Gasteiger partial charge in [-0.2, -0.15) is 9.39 Å². The average Bonchev–Trinajstić information content (AvgIpc) is 3.48. The third-order valence-electron chi connectivity index (χ3n) is 5.24. The summed E-state index contributed by atoms with van der Waals surface area (Å²) in [5, 5.41) is 8.17. The fourth-order valence-corrected chi connectivity index (χ4v) is 5.44. The predicted octanol–water partition coefficient (Wildman–Crippen LogP) is 3.01. The van der Waals surface area contributed by atoms with Gasteiger partial charge in [-0.15, -0.1) is 0 Å². The topological polar surface area (TPSA) is 140 Å². The number of benzene rings is 2. The van der Waals surface area contributed by atoms with E-state index < -0.39 is 15.7 Å². The number of amides is 1. The molecular formula is C23H20N4O7S2. The number of fused-ring (bicyclic) bond motifs is 2. The highest BCUT2D eigenvalue weighted by Crippen LogP contribution is 2.35. The number of nitrogens with one attached hydrogen (secondary N) is 1. The van der Waals surface area contributed by atoms with Crippen molar-refractivity contribution in [1.29, 1.82) is 5.41 Å². The van der Waals surface area contributed by atoms with E-state index in [1.807, 2.05) is 25.1 Å². The highest BCUT2D eigenvalue weighted by atomic mass is 32.2. The SMILES string of the molecule is CCOc1cc(/C=C2/C(=N)N3C(=NC2=O)SN=C3S(C)(=O)=O)ccc1OCc1ccc2c(c1)OCO2. The molecular weight excluding hydrogens is 508 g/mol. The van der Waals surface area contributed by atoms with Crippen LogP contribution in [-0.4, -0.2) is 55.1 Å². The zero-order valence-corrected chi connectivity index (χ0v) is 20.8. The van der Waals surface area contributed by atoms with Crippen molar-refractivity contribution in [2.45, 2.75) is 13.5 Å². The molecule has 2 aromatic rings. The summed E-state index contributed by atoms with van der Waals surface area (Å²) in [5.74, 6) is 1.30. The number of rotatable bonds is 6. The molecule has 3 heterocycles. The minimum Gasteiger partial charge on any atom is -0.490 e. The van der Waals surface area contributed by atoms with Crippen molar-refractivity contribution in [3.8, 4) is 23.0 Å². The third kappa shape index (κ3) is 4.54. The van der Waals surface area contributed by atoms with Crippen LogP contribution in [0.5, 0.6) is 23.0 Å². The van der Waals surface area contributed by atoms with Gasteiger partial charge in [0, 0.05) is 6.26 Å². The lowest BCUT2D eigenvalue weighted by Gasteiger charge is -2.23. The Kier molecular flexibility index (Phi) is 6.18. The first-order chi connectivity index (χ1) is 17.2. The number of nitrogens with zero attached hydrogens (tertiary/aromatic N) is 3. The van der Waals surface area contributed by atoms with Gasteiger partial charge in [-0.25, -0.2) is 13.3 Å². The highest BCUT2D eigenvalue weighted by molar-refractivity contribution is 8.16. The zero-order chi connectivity index (χ0) is 25.4. The number of hydrogen-bond donors (Lipinski definition) is 1. The van der Waals surface area contributed by atoms with E-state index in [1.54, 1.807) is 18.2 Å². The normalized spacial score (nSPS) is 17.7. The van der Waals surface area contributed by atoms with E-state index in [0.717, 1.165) is 28.7 Å². The molecule has 1 N–H and O–H groups in total. The predicted molar refractivity (Wildman–Crippen MR) is 134 cm³/mol. The monoisotopic (exact) mass is 528 g/mol. The average molecular weight is 529 g/mol. The van der Waals surface area contributed by atoms with Crippen LogP contribution in [0.25, 0.3) is 6.08 Å². The van der Waals surface area contributed by atoms with Gasteiger partial charge < -0.3 is 18.9 Å². The maximum Gasteiger partial charge on any atom is 0.283 e. The molecule has 0 aliphatic carbocycles. The molecule has 0 bridgehead atoms. The lowest BCUT2D eigenvalue weighted by molar-refractivity contribution is -0.114. The molecule has 0 saturated carbocycles. The Bertz CT molecular complexity index is 1480. The number of amidine groups is 3. The summed E-state index contributed by atoms with van der Waals surface area (Å²) < 4.78 is 50.4. The van der Waals surface area contributed by atoms with Crippen LogP contribution in [0.4, 0.5) is 0 Å². The molecule has 0 unspecified atom stereocenters. The molecule has 3 aliphatic heterocycles. The van der Waals surface area contributed by atoms with Crippen molar-refractivity contribution in [3.05, 3.63) is 53.1 Å². The molecule has 0 spiro atoms. The molecule has 2 aromatic carbocycles. The van der Waals surface area contributed by atoms with Crippen LogP contribution in [0.15, 0.2) is 51.4 Å². The molecule has 3 aliphatic rings. The second-order valence-corrected chi connectivity index (χ2v) is 10.4. The Morgan fingerprint density at radius 3 is 2.72 bits per heavy atom. The zero-order valence-electron chi connectivity index (χ0n) is 19.2. The van der Waals surface area contributed by atoms with Crippen LogP contribution in [0.3, 0.4) is 0 Å². The van der Waals surface area contributed by atoms with Gasteiger partial charge in [-0.05, 0) is 48.4 Å². The highest BCUT2D eigenvalue weighted by Gasteiger charge is 2.41. The third-order valence-corrected chi connectivity index (χ3v) is 6.99. The fourth-order valence-electron chi connectivity index (χ4n) is 3.60. The van der Waals surface area contributed by atoms with E-state index in [-0.39, 0.29) is 35.1 Å². The second kappa shape index (κ2) is 9.32. The van der Waals surface area contributed by atoms with E-state index >= 15 is 0 Å². The first-order valence-corrected chi connectivity index (χ1v) is 13.4. The Morgan fingerprint density at radius 2 is 1.94 bits per heavy atom. The van der Waals surface area contributed by atoms with Gasteiger partial charge in [-0.1, -0.05) is 12.1 Å². The number of carbonyl (C=O) groups is 1. The Hall–Kier alpha value is -3.84. The molecule has 0 atom stereocenters. The van der Waals surface area contributed by atoms with E-state index in [2.05, 4.69) is 9.39 Å². The molecule has 0 aromatic heterocycles. The maximum atomic E-state index is 12.6. The quantitative estimate of drug-likeness (QED) is 0.442. The van der Waals surface area contributed by atoms with Crippen molar-refractivity contribution in [3.63, 3.8) is 0 Å². The van der Waals surface area contributed by atoms with Crippen molar-refractivity contribution in [1.82, 2.24) is 4.90 Å². The molecule has 1 amide bonds. The molecule has 5 rings (SSSR count). The van der Waals surface area contributed by atoms with Crippen LogP contribution in [0.2, 0.25) is 0 Å². The van der Waals surface area contributed by atoms with Crippen LogP contribution >= 0.6 is 11.9 Å². The van der Waals surface area contributed by atoms with Gasteiger partial charge >= 0.3 is 0 Å². The number of hydrogen-bond acceptors (Lipinski definition) is 10. The van der Waals surface area contributed by atoms with Crippen LogP contribution in [-0.2, 0) is 21.2 Å². The molecule has 11 nitrogen and oxygen atoms in total. The fraction of sp³-hybridized carbons (Fsp3) is 0.217. The van der Waals surface area contributed by atoms with E-state index in [4.69, 9.17) is 24.4 Å². The van der Waals surface area contributed by atoms with Gasteiger partial charge in [0.05, 0.1) is 24.1 Å². The van der Waals surface area contributed by atoms with Crippen molar-refractivity contribution in [2.24, 2.45) is 9.39 Å². The maximum absolute atomic E-state index is 12.6. The number of sulfone groups is 1. The Morgan fingerprint density at radius 1 is 1.14 bits per heavy atom. The lowest BCUT2D eigenvalue weighted by Crippen LogP contribution is -2.45. The number of carbonyl (C=O) groups excluding carboxylic acids is 1. The largest absolute Gasteiger partial charge is 0.490 e. The summed E-state index contributed by atoms with van der Waals surface area (Å²) in [5.41, 5.74) is 1.36. The van der Waals surface area contributed by atoms with Crippen LogP contribution in [0.1, 0.15) is 18.1 Å². The van der Waals surface area contributed by atoms with Crippen LogP contribution < -0.4 is 18.9 Å². The minimum atomic E-state index is -3.73. The number of aliphatic imine (C=N–C) groups is 1. The van der Waals surface area contributed by atoms with Gasteiger partial charge in [-0.3, -0.25) is 10.2 Å². The van der Waals surface area contributed by atoms with Gasteiger partial charge in [0.25, 0.3) is 5.91 Å².